The van der Waals surface area contributed by atoms with E-state index >= 15 is 0 Å². The minimum Gasteiger partial charge on any atom is -0.464 e. The number of hydrogen-bond acceptors (Lipinski definition) is 5. The minimum absolute atomic E-state index is 0.258. The fraction of sp³-hybridized carbons (Fsp3) is 0.278. The normalized spacial score (nSPS) is 13.8. The van der Waals surface area contributed by atoms with Crippen LogP contribution in [-0.2, 0) is 11.3 Å². The van der Waals surface area contributed by atoms with Gasteiger partial charge in [0.25, 0.3) is 0 Å². The Bertz CT molecular complexity index is 949. The Morgan fingerprint density at radius 3 is 2.96 bits per heavy atom. The van der Waals surface area contributed by atoms with E-state index in [1.165, 1.54) is 25.5 Å². The smallest absolute Gasteiger partial charge is 0.357 e. The zero-order chi connectivity index (χ0) is 17.4. The number of nitrogens with one attached hydrogen (secondary N) is 1. The van der Waals surface area contributed by atoms with Gasteiger partial charge in [0.2, 0.25) is 0 Å². The standard InChI is InChI=1S/C18H17BrN4O2/c1-25-18(24)17-15(19)6-13(7-21-17)20-8-14-10-23-9-12(11-2-3-11)4-5-16(23)22-14/h4-7,9-11,20H,2-3,8H2,1H3. The van der Waals surface area contributed by atoms with Crippen molar-refractivity contribution in [1.82, 2.24) is 14.4 Å². The Morgan fingerprint density at radius 2 is 2.24 bits per heavy atom. The Balaban J connectivity index is 1.48. The van der Waals surface area contributed by atoms with Gasteiger partial charge in [-0.3, -0.25) is 0 Å². The van der Waals surface area contributed by atoms with Crippen LogP contribution in [0.2, 0.25) is 0 Å². The summed E-state index contributed by atoms with van der Waals surface area (Å²) in [4.78, 5) is 20.3. The summed E-state index contributed by atoms with van der Waals surface area (Å²) in [6, 6.07) is 6.05. The van der Waals surface area contributed by atoms with Gasteiger partial charge < -0.3 is 14.5 Å². The molecule has 128 valence electrons. The lowest BCUT2D eigenvalue weighted by molar-refractivity contribution is 0.0593. The summed E-state index contributed by atoms with van der Waals surface area (Å²) in [7, 11) is 1.33. The summed E-state index contributed by atoms with van der Waals surface area (Å²) in [5, 5.41) is 3.28. The lowest BCUT2D eigenvalue weighted by Gasteiger charge is -2.06. The summed E-state index contributed by atoms with van der Waals surface area (Å²) >= 11 is 3.35. The topological polar surface area (TPSA) is 68.5 Å². The van der Waals surface area contributed by atoms with Gasteiger partial charge in [-0.25, -0.2) is 14.8 Å². The van der Waals surface area contributed by atoms with Crippen LogP contribution in [0.1, 0.15) is 40.5 Å². The molecule has 0 spiro atoms. The first-order valence-corrected chi connectivity index (χ1v) is 8.88. The van der Waals surface area contributed by atoms with Crippen LogP contribution in [0, 0.1) is 0 Å². The van der Waals surface area contributed by atoms with E-state index < -0.39 is 5.97 Å². The molecule has 0 bridgehead atoms. The van der Waals surface area contributed by atoms with Crippen molar-refractivity contribution >= 4 is 33.2 Å². The number of carbonyl (C=O) groups is 1. The van der Waals surface area contributed by atoms with E-state index in [9.17, 15) is 4.79 Å². The highest BCUT2D eigenvalue weighted by Gasteiger charge is 2.23. The van der Waals surface area contributed by atoms with E-state index in [1.54, 1.807) is 12.3 Å². The van der Waals surface area contributed by atoms with Gasteiger partial charge in [0.05, 0.1) is 35.7 Å². The molecule has 1 N–H and O–H groups in total. The maximum Gasteiger partial charge on any atom is 0.357 e. The zero-order valence-corrected chi connectivity index (χ0v) is 15.3. The molecule has 0 aliphatic heterocycles. The molecule has 25 heavy (non-hydrogen) atoms. The molecule has 3 aromatic rings. The predicted molar refractivity (Wildman–Crippen MR) is 97.8 cm³/mol. The Kier molecular flexibility index (Phi) is 4.17. The number of rotatable bonds is 5. The molecule has 6 nitrogen and oxygen atoms in total. The molecule has 1 aliphatic carbocycles. The maximum absolute atomic E-state index is 11.6. The molecule has 1 fully saturated rings. The van der Waals surface area contributed by atoms with E-state index in [0.29, 0.717) is 11.0 Å². The summed E-state index contributed by atoms with van der Waals surface area (Å²) in [5.41, 5.74) is 4.34. The maximum atomic E-state index is 11.6. The highest BCUT2D eigenvalue weighted by molar-refractivity contribution is 9.10. The summed E-state index contributed by atoms with van der Waals surface area (Å²) < 4.78 is 7.36. The number of aromatic nitrogens is 3. The van der Waals surface area contributed by atoms with Crippen molar-refractivity contribution in [2.75, 3.05) is 12.4 Å². The third kappa shape index (κ3) is 3.37. The minimum atomic E-state index is -0.467. The van der Waals surface area contributed by atoms with Crippen LogP contribution in [0.25, 0.3) is 5.65 Å². The number of anilines is 1. The largest absolute Gasteiger partial charge is 0.464 e. The number of ether oxygens (including phenoxy) is 1. The monoisotopic (exact) mass is 400 g/mol. The molecule has 0 saturated heterocycles. The second-order valence-electron chi connectivity index (χ2n) is 6.13. The van der Waals surface area contributed by atoms with Crippen LogP contribution < -0.4 is 5.32 Å². The number of fused-ring (bicyclic) bond motifs is 1. The van der Waals surface area contributed by atoms with Gasteiger partial charge in [0, 0.05) is 12.4 Å². The van der Waals surface area contributed by atoms with Crippen LogP contribution in [0.3, 0.4) is 0 Å². The first kappa shape index (κ1) is 16.1. The van der Waals surface area contributed by atoms with Crippen molar-refractivity contribution in [2.45, 2.75) is 25.3 Å². The third-order valence-corrected chi connectivity index (χ3v) is 4.87. The van der Waals surface area contributed by atoms with Crippen molar-refractivity contribution in [3.05, 3.63) is 58.2 Å². The molecule has 1 aliphatic rings. The lowest BCUT2D eigenvalue weighted by Crippen LogP contribution is -2.07. The fourth-order valence-electron chi connectivity index (χ4n) is 2.78. The Morgan fingerprint density at radius 1 is 1.40 bits per heavy atom. The van der Waals surface area contributed by atoms with Gasteiger partial charge in [-0.2, -0.15) is 0 Å². The average molecular weight is 401 g/mol. The van der Waals surface area contributed by atoms with Crippen molar-refractivity contribution in [3.8, 4) is 0 Å². The van der Waals surface area contributed by atoms with Crippen molar-refractivity contribution in [3.63, 3.8) is 0 Å². The van der Waals surface area contributed by atoms with E-state index in [-0.39, 0.29) is 5.69 Å². The fourth-order valence-corrected chi connectivity index (χ4v) is 3.29. The molecule has 0 atom stereocenters. The predicted octanol–water partition coefficient (Wildman–Crippen LogP) is 3.77. The first-order valence-electron chi connectivity index (χ1n) is 8.09. The molecule has 0 amide bonds. The molecular formula is C18H17BrN4O2. The number of halogens is 1. The molecule has 4 rings (SSSR count). The van der Waals surface area contributed by atoms with Crippen LogP contribution >= 0.6 is 15.9 Å². The highest BCUT2D eigenvalue weighted by Crippen LogP contribution is 2.39. The number of nitrogens with zero attached hydrogens (tertiary/aromatic N) is 3. The average Bonchev–Trinajstić information content (AvgIpc) is 3.38. The quantitative estimate of drug-likeness (QED) is 0.660. The van der Waals surface area contributed by atoms with Crippen molar-refractivity contribution in [2.24, 2.45) is 0 Å². The van der Waals surface area contributed by atoms with Gasteiger partial charge in [-0.1, -0.05) is 6.07 Å². The molecule has 1 saturated carbocycles. The van der Waals surface area contributed by atoms with Crippen molar-refractivity contribution in [1.29, 1.82) is 0 Å². The number of esters is 1. The molecule has 0 unspecified atom stereocenters. The summed E-state index contributed by atoms with van der Waals surface area (Å²) in [6.45, 7) is 0.576. The van der Waals surface area contributed by atoms with Gasteiger partial charge in [-0.15, -0.1) is 0 Å². The Hall–Kier alpha value is -2.41. The van der Waals surface area contributed by atoms with Gasteiger partial charge in [-0.05, 0) is 52.4 Å². The molecule has 3 heterocycles. The second kappa shape index (κ2) is 6.48. The molecule has 0 radical (unpaired) electrons. The van der Waals surface area contributed by atoms with E-state index in [1.807, 2.05) is 6.20 Å². The van der Waals surface area contributed by atoms with Crippen LogP contribution in [0.5, 0.6) is 0 Å². The summed E-state index contributed by atoms with van der Waals surface area (Å²) in [5.74, 6) is 0.260. The van der Waals surface area contributed by atoms with E-state index in [4.69, 9.17) is 0 Å². The van der Waals surface area contributed by atoms with Crippen molar-refractivity contribution < 1.29 is 9.53 Å². The van der Waals surface area contributed by atoms with Crippen LogP contribution in [0.4, 0.5) is 5.69 Å². The molecule has 0 aromatic carbocycles. The number of hydrogen-bond donors (Lipinski definition) is 1. The molecular weight excluding hydrogens is 384 g/mol. The third-order valence-electron chi connectivity index (χ3n) is 4.27. The Labute approximate surface area is 153 Å². The lowest BCUT2D eigenvalue weighted by atomic mass is 10.2. The van der Waals surface area contributed by atoms with E-state index in [2.05, 4.69) is 58.7 Å². The zero-order valence-electron chi connectivity index (χ0n) is 13.7. The van der Waals surface area contributed by atoms with Gasteiger partial charge in [0.15, 0.2) is 5.69 Å². The SMILES string of the molecule is COC(=O)c1ncc(NCc2cn3cc(C4CC4)ccc3n2)cc1Br. The first-order chi connectivity index (χ1) is 12.1. The summed E-state index contributed by atoms with van der Waals surface area (Å²) in [6.07, 6.45) is 8.40. The second-order valence-corrected chi connectivity index (χ2v) is 6.99. The van der Waals surface area contributed by atoms with Crippen LogP contribution in [0.15, 0.2) is 41.3 Å². The van der Waals surface area contributed by atoms with Crippen LogP contribution in [-0.4, -0.2) is 27.4 Å². The molecule has 3 aromatic heterocycles. The van der Waals surface area contributed by atoms with Gasteiger partial charge in [0.1, 0.15) is 5.65 Å². The number of methoxy groups -OCH3 is 1. The molecule has 7 heteroatoms. The van der Waals surface area contributed by atoms with E-state index in [0.717, 1.165) is 22.9 Å². The van der Waals surface area contributed by atoms with Gasteiger partial charge >= 0.3 is 5.97 Å². The number of imidazole rings is 1. The number of pyridine rings is 2. The number of carbonyl (C=O) groups excluding carboxylic acids is 1. The highest BCUT2D eigenvalue weighted by atomic mass is 79.9.